The van der Waals surface area contributed by atoms with E-state index in [1.165, 1.54) is 26.0 Å². The van der Waals surface area contributed by atoms with Crippen molar-refractivity contribution in [3.05, 3.63) is 65.7 Å². The van der Waals surface area contributed by atoms with Gasteiger partial charge >= 0.3 is 0 Å². The topological polar surface area (TPSA) is 433 Å². The predicted octanol–water partition coefficient (Wildman–Crippen LogP) is -5.65. The van der Waals surface area contributed by atoms with Crippen molar-refractivity contribution in [1.82, 2.24) is 42.5 Å². The predicted molar refractivity (Wildman–Crippen MR) is 248 cm³/mol. The van der Waals surface area contributed by atoms with Crippen LogP contribution in [0.4, 0.5) is 0 Å². The number of carbonyl (C=O) groups excluding carboxylic acids is 9. The van der Waals surface area contributed by atoms with E-state index in [-0.39, 0.29) is 50.4 Å². The minimum atomic E-state index is -1.65. The Morgan fingerprint density at radius 2 is 1.15 bits per heavy atom. The summed E-state index contributed by atoms with van der Waals surface area (Å²) >= 11 is 0. The second kappa shape index (κ2) is 30.0. The number of hydrogen-bond acceptors (Lipinski definition) is 14. The van der Waals surface area contributed by atoms with Crippen molar-refractivity contribution in [2.45, 2.75) is 101 Å². The lowest BCUT2D eigenvalue weighted by Crippen LogP contribution is -2.59. The molecule has 0 spiro atoms. The number of nitrogens with two attached hydrogens (primary N) is 5. The van der Waals surface area contributed by atoms with Gasteiger partial charge in [-0.25, -0.2) is 0 Å². The minimum absolute atomic E-state index is 0.0281. The average molecular weight is 955 g/mol. The molecule has 0 aromatic heterocycles. The van der Waals surface area contributed by atoms with Crippen molar-refractivity contribution in [1.29, 1.82) is 0 Å². The van der Waals surface area contributed by atoms with E-state index in [0.29, 0.717) is 30.5 Å². The van der Waals surface area contributed by atoms with E-state index < -0.39 is 115 Å². The summed E-state index contributed by atoms with van der Waals surface area (Å²) in [7, 11) is 0. The van der Waals surface area contributed by atoms with E-state index >= 15 is 0 Å². The maximum atomic E-state index is 13.6. The number of unbranched alkanes of at least 4 members (excludes halogenated alkanes) is 1. The Balaban J connectivity index is 2.01. The molecule has 2 aromatic rings. The number of rotatable bonds is 30. The summed E-state index contributed by atoms with van der Waals surface area (Å²) in [4.78, 5) is 120. The molecule has 7 atom stereocenters. The van der Waals surface area contributed by atoms with Crippen molar-refractivity contribution in [2.75, 3.05) is 32.7 Å². The number of aromatic hydroxyl groups is 1. The van der Waals surface area contributed by atoms with Gasteiger partial charge in [0.2, 0.25) is 53.2 Å². The normalized spacial score (nSPS) is 13.8. The van der Waals surface area contributed by atoms with E-state index in [1.807, 2.05) is 0 Å². The Morgan fingerprint density at radius 3 is 1.76 bits per heavy atom. The molecule has 0 radical (unpaired) electrons. The van der Waals surface area contributed by atoms with Gasteiger partial charge in [-0.3, -0.25) is 48.1 Å². The number of carbonyl (C=O) groups is 9. The molecule has 0 heterocycles. The molecule has 0 saturated carbocycles. The molecule has 25 nitrogen and oxygen atoms in total. The van der Waals surface area contributed by atoms with Gasteiger partial charge in [0.1, 0.15) is 36.0 Å². The number of aliphatic hydroxyl groups is 1. The first-order valence-electron chi connectivity index (χ1n) is 21.8. The van der Waals surface area contributed by atoms with E-state index in [0.717, 1.165) is 0 Å². The molecule has 20 N–H and O–H groups in total. The highest BCUT2D eigenvalue weighted by Gasteiger charge is 2.31. The van der Waals surface area contributed by atoms with Crippen LogP contribution in [0.15, 0.2) is 59.6 Å². The van der Waals surface area contributed by atoms with Crippen LogP contribution in [-0.4, -0.2) is 144 Å². The largest absolute Gasteiger partial charge is 0.508 e. The molecule has 25 heteroatoms. The van der Waals surface area contributed by atoms with Crippen LogP contribution in [0.25, 0.3) is 0 Å². The van der Waals surface area contributed by atoms with Crippen molar-refractivity contribution >= 4 is 59.1 Å². The summed E-state index contributed by atoms with van der Waals surface area (Å²) in [6, 6.07) is 7.04. The molecule has 68 heavy (non-hydrogen) atoms. The molecule has 2 rings (SSSR count). The van der Waals surface area contributed by atoms with E-state index in [2.05, 4.69) is 47.5 Å². The molecular weight excluding hydrogens is 889 g/mol. The summed E-state index contributed by atoms with van der Waals surface area (Å²) in [5.41, 5.74) is 29.0. The maximum absolute atomic E-state index is 13.6. The molecule has 0 fully saturated rings. The molecule has 374 valence electrons. The molecule has 0 bridgehead atoms. The van der Waals surface area contributed by atoms with Crippen LogP contribution in [0.1, 0.15) is 57.1 Å². The van der Waals surface area contributed by atoms with E-state index in [9.17, 15) is 53.4 Å². The number of nitrogens with zero attached hydrogens (tertiary/aromatic N) is 1. The van der Waals surface area contributed by atoms with Crippen molar-refractivity contribution in [2.24, 2.45) is 33.7 Å². The number of primary amides is 1. The monoisotopic (exact) mass is 955 g/mol. The number of hydrogen-bond donors (Lipinski definition) is 15. The SMILES string of the molecule is C[C@H](NC(=O)CNC(=O)[C@@H](NC(=O)[C@H](Cc1ccccc1)NC(=O)CNC(=O)CNC(=O)[C@@H](N)Cc1ccc(O)cc1)[C@@H](C)O)C(=O)N[C@@H](CCCN=C(N)N)C(=O)N[C@@H](CCCCN)C(N)=O. The molecule has 2 aromatic carbocycles. The van der Waals surface area contributed by atoms with Crippen LogP contribution in [0.2, 0.25) is 0 Å². The Morgan fingerprint density at radius 1 is 0.588 bits per heavy atom. The number of phenols is 1. The van der Waals surface area contributed by atoms with Gasteiger partial charge < -0.3 is 81.4 Å². The zero-order valence-electron chi connectivity index (χ0n) is 38.1. The van der Waals surface area contributed by atoms with E-state index in [4.69, 9.17) is 28.7 Å². The van der Waals surface area contributed by atoms with Gasteiger partial charge in [0.25, 0.3) is 0 Å². The first-order valence-corrected chi connectivity index (χ1v) is 21.8. The average Bonchev–Trinajstić information content (AvgIpc) is 3.29. The van der Waals surface area contributed by atoms with Gasteiger partial charge in [-0.2, -0.15) is 0 Å². The lowest BCUT2D eigenvalue weighted by atomic mass is 10.0. The van der Waals surface area contributed by atoms with Gasteiger partial charge in [-0.1, -0.05) is 42.5 Å². The second-order valence-electron chi connectivity index (χ2n) is 15.8. The van der Waals surface area contributed by atoms with Gasteiger partial charge in [-0.05, 0) is 82.2 Å². The smallest absolute Gasteiger partial charge is 0.245 e. The third-order valence-electron chi connectivity index (χ3n) is 9.97. The van der Waals surface area contributed by atoms with Crippen molar-refractivity contribution < 1.29 is 53.4 Å². The van der Waals surface area contributed by atoms with Gasteiger partial charge in [0.15, 0.2) is 5.96 Å². The number of aliphatic hydroxyl groups excluding tert-OH is 1. The first-order chi connectivity index (χ1) is 32.2. The maximum Gasteiger partial charge on any atom is 0.245 e. The molecule has 0 aliphatic heterocycles. The Hall–Kier alpha value is -7.38. The quantitative estimate of drug-likeness (QED) is 0.0197. The lowest BCUT2D eigenvalue weighted by Gasteiger charge is -2.25. The lowest BCUT2D eigenvalue weighted by molar-refractivity contribution is -0.135. The zero-order valence-corrected chi connectivity index (χ0v) is 38.1. The highest BCUT2D eigenvalue weighted by Crippen LogP contribution is 2.11. The number of aliphatic imine (C=N–C) groups is 1. The van der Waals surface area contributed by atoms with Crippen molar-refractivity contribution in [3.63, 3.8) is 0 Å². The van der Waals surface area contributed by atoms with Crippen LogP contribution in [0.5, 0.6) is 5.75 Å². The summed E-state index contributed by atoms with van der Waals surface area (Å²) in [6.45, 7) is 1.14. The fourth-order valence-electron chi connectivity index (χ4n) is 6.24. The van der Waals surface area contributed by atoms with E-state index in [1.54, 1.807) is 42.5 Å². The Kier molecular flexibility index (Phi) is 25.0. The van der Waals surface area contributed by atoms with Crippen LogP contribution in [0.3, 0.4) is 0 Å². The van der Waals surface area contributed by atoms with Gasteiger partial charge in [-0.15, -0.1) is 0 Å². The second-order valence-corrected chi connectivity index (χ2v) is 15.8. The van der Waals surface area contributed by atoms with Gasteiger partial charge in [0, 0.05) is 13.0 Å². The molecule has 0 saturated heterocycles. The summed E-state index contributed by atoms with van der Waals surface area (Å²) in [5, 5.41) is 39.2. The first kappa shape index (κ1) is 56.7. The highest BCUT2D eigenvalue weighted by atomic mass is 16.3. The van der Waals surface area contributed by atoms with Crippen LogP contribution < -0.4 is 71.2 Å². The molecular formula is C43H66N14O11. The van der Waals surface area contributed by atoms with Crippen LogP contribution in [0, 0.1) is 0 Å². The Bertz CT molecular complexity index is 2040. The number of guanidine groups is 1. The van der Waals surface area contributed by atoms with Crippen LogP contribution >= 0.6 is 0 Å². The summed E-state index contributed by atoms with van der Waals surface area (Å²) in [6.07, 6.45) is 0.0802. The molecule has 0 unspecified atom stereocenters. The third kappa shape index (κ3) is 22.2. The third-order valence-corrected chi connectivity index (χ3v) is 9.97. The van der Waals surface area contributed by atoms with Gasteiger partial charge in [0.05, 0.1) is 31.8 Å². The fourth-order valence-corrected chi connectivity index (χ4v) is 6.24. The zero-order chi connectivity index (χ0) is 50.8. The number of nitrogens with one attached hydrogen (secondary N) is 8. The van der Waals surface area contributed by atoms with Crippen molar-refractivity contribution in [3.8, 4) is 5.75 Å². The summed E-state index contributed by atoms with van der Waals surface area (Å²) in [5.74, 6) is -7.43. The molecule has 9 amide bonds. The van der Waals surface area contributed by atoms with Crippen LogP contribution in [-0.2, 0) is 56.0 Å². The summed E-state index contributed by atoms with van der Waals surface area (Å²) < 4.78 is 0. The minimum Gasteiger partial charge on any atom is -0.508 e. The molecule has 0 aliphatic rings. The Labute approximate surface area is 393 Å². The highest BCUT2D eigenvalue weighted by molar-refractivity contribution is 5.96. The fraction of sp³-hybridized carbons (Fsp3) is 0.488. The number of benzene rings is 2. The number of amides is 9. The molecule has 0 aliphatic carbocycles. The standard InChI is InChI=1S/C43H66N14O11/c1-24(38(64)56-31(12-8-18-49-43(47)48)40(66)55-30(37(46)63)11-6-7-17-44)53-34(61)23-52-42(68)36(25(2)58)57-41(67)32(20-26-9-4-3-5-10-26)54-35(62)22-50-33(60)21-51-39(65)29(45)19-27-13-15-28(59)16-14-27/h3-5,9-10,13-16,24-25,29-32,36,58-59H,6-8,11-12,17-23,44-45H2,1-2H3,(H2,46,63)(H,50,60)(H,51,65)(H,52,68)(H,53,61)(H,54,62)(H,55,66)(H,56,64)(H,57,67)(H4,47,48,49)/t24-,25+,29-,30-,31-,32-,36-/m0/s1. The number of phenolic OH excluding ortho intramolecular Hbond substituents is 1.